The van der Waals surface area contributed by atoms with Crippen molar-refractivity contribution in [2.24, 2.45) is 0 Å². The Kier molecular flexibility index (Phi) is 5.56. The van der Waals surface area contributed by atoms with Crippen molar-refractivity contribution in [3.8, 4) is 0 Å². The Morgan fingerprint density at radius 3 is 2.56 bits per heavy atom. The number of methoxy groups -OCH3 is 1. The summed E-state index contributed by atoms with van der Waals surface area (Å²) in [6.45, 7) is 6.41. The molecule has 0 radical (unpaired) electrons. The van der Waals surface area contributed by atoms with Crippen LogP contribution in [0.5, 0.6) is 0 Å². The van der Waals surface area contributed by atoms with Gasteiger partial charge in [0.1, 0.15) is 17.5 Å². The standard InChI is InChI=1S/C11H20N4O/c1-4-12-10-8-11(15-9(2)14-10)13-6-5-7-16-3/h8H,4-7H2,1-3H3,(H2,12,13,14,15). The maximum atomic E-state index is 4.98. The van der Waals surface area contributed by atoms with Gasteiger partial charge in [-0.2, -0.15) is 0 Å². The lowest BCUT2D eigenvalue weighted by molar-refractivity contribution is 0.198. The fraction of sp³-hybridized carbons (Fsp3) is 0.636. The van der Waals surface area contributed by atoms with E-state index in [1.54, 1.807) is 7.11 Å². The molecule has 0 aliphatic carbocycles. The van der Waals surface area contributed by atoms with Crippen LogP contribution in [0.3, 0.4) is 0 Å². The molecule has 0 aliphatic heterocycles. The number of ether oxygens (including phenoxy) is 1. The Balaban J connectivity index is 2.51. The summed E-state index contributed by atoms with van der Waals surface area (Å²) in [6.07, 6.45) is 0.968. The summed E-state index contributed by atoms with van der Waals surface area (Å²) in [5.74, 6) is 2.50. The van der Waals surface area contributed by atoms with Crippen LogP contribution in [0, 0.1) is 6.92 Å². The number of hydrogen-bond acceptors (Lipinski definition) is 5. The van der Waals surface area contributed by atoms with Crippen LogP contribution in [0.1, 0.15) is 19.2 Å². The lowest BCUT2D eigenvalue weighted by Crippen LogP contribution is -2.09. The summed E-state index contributed by atoms with van der Waals surface area (Å²) in [7, 11) is 1.71. The minimum atomic E-state index is 0.761. The monoisotopic (exact) mass is 224 g/mol. The van der Waals surface area contributed by atoms with E-state index >= 15 is 0 Å². The predicted octanol–water partition coefficient (Wildman–Crippen LogP) is 1.67. The highest BCUT2D eigenvalue weighted by molar-refractivity contribution is 5.47. The molecule has 0 spiro atoms. The van der Waals surface area contributed by atoms with Crippen LogP contribution in [-0.2, 0) is 4.74 Å². The van der Waals surface area contributed by atoms with E-state index in [-0.39, 0.29) is 0 Å². The molecule has 16 heavy (non-hydrogen) atoms. The van der Waals surface area contributed by atoms with E-state index in [9.17, 15) is 0 Å². The van der Waals surface area contributed by atoms with Crippen LogP contribution >= 0.6 is 0 Å². The van der Waals surface area contributed by atoms with Crippen LogP contribution in [0.25, 0.3) is 0 Å². The van der Waals surface area contributed by atoms with Gasteiger partial charge in [-0.1, -0.05) is 0 Å². The second-order valence-corrected chi connectivity index (χ2v) is 3.49. The normalized spacial score (nSPS) is 10.2. The van der Waals surface area contributed by atoms with Gasteiger partial charge in [-0.05, 0) is 20.3 Å². The molecule has 1 aromatic rings. The first-order valence-corrected chi connectivity index (χ1v) is 5.58. The van der Waals surface area contributed by atoms with Crippen molar-refractivity contribution in [1.29, 1.82) is 0 Å². The summed E-state index contributed by atoms with van der Waals surface area (Å²) in [6, 6.07) is 1.92. The highest BCUT2D eigenvalue weighted by Crippen LogP contribution is 2.10. The average molecular weight is 224 g/mol. The third kappa shape index (κ3) is 4.44. The Hall–Kier alpha value is -1.36. The SMILES string of the molecule is CCNc1cc(NCCCOC)nc(C)n1. The van der Waals surface area contributed by atoms with E-state index in [1.165, 1.54) is 0 Å². The minimum absolute atomic E-state index is 0.761. The molecule has 0 amide bonds. The highest BCUT2D eigenvalue weighted by Gasteiger charge is 2.00. The fourth-order valence-corrected chi connectivity index (χ4v) is 1.36. The smallest absolute Gasteiger partial charge is 0.131 e. The zero-order valence-corrected chi connectivity index (χ0v) is 10.2. The molecule has 0 aromatic carbocycles. The van der Waals surface area contributed by atoms with Gasteiger partial charge in [-0.3, -0.25) is 0 Å². The molecule has 0 aliphatic rings. The van der Waals surface area contributed by atoms with Gasteiger partial charge in [0.05, 0.1) is 0 Å². The lowest BCUT2D eigenvalue weighted by atomic mass is 10.4. The molecule has 0 saturated carbocycles. The van der Waals surface area contributed by atoms with E-state index in [2.05, 4.69) is 20.6 Å². The summed E-state index contributed by atoms with van der Waals surface area (Å²) in [4.78, 5) is 8.59. The van der Waals surface area contributed by atoms with Gasteiger partial charge in [0.2, 0.25) is 0 Å². The van der Waals surface area contributed by atoms with Gasteiger partial charge in [-0.15, -0.1) is 0 Å². The van der Waals surface area contributed by atoms with Gasteiger partial charge >= 0.3 is 0 Å². The van der Waals surface area contributed by atoms with Crippen LogP contribution < -0.4 is 10.6 Å². The number of aromatic nitrogens is 2. The molecule has 0 bridgehead atoms. The van der Waals surface area contributed by atoms with Gasteiger partial charge in [0.15, 0.2) is 0 Å². The third-order valence-corrected chi connectivity index (χ3v) is 2.03. The molecule has 5 nitrogen and oxygen atoms in total. The first-order valence-electron chi connectivity index (χ1n) is 5.58. The van der Waals surface area contributed by atoms with Gasteiger partial charge in [0.25, 0.3) is 0 Å². The van der Waals surface area contributed by atoms with Gasteiger partial charge < -0.3 is 15.4 Å². The minimum Gasteiger partial charge on any atom is -0.385 e. The molecular formula is C11H20N4O. The molecule has 2 N–H and O–H groups in total. The van der Waals surface area contributed by atoms with Crippen molar-refractivity contribution in [1.82, 2.24) is 9.97 Å². The first kappa shape index (κ1) is 12.7. The van der Waals surface area contributed by atoms with E-state index in [0.29, 0.717) is 0 Å². The number of nitrogens with one attached hydrogen (secondary N) is 2. The second-order valence-electron chi connectivity index (χ2n) is 3.49. The summed E-state index contributed by atoms with van der Waals surface area (Å²) >= 11 is 0. The molecule has 5 heteroatoms. The third-order valence-electron chi connectivity index (χ3n) is 2.03. The molecule has 1 rings (SSSR count). The number of nitrogens with zero attached hydrogens (tertiary/aromatic N) is 2. The number of hydrogen-bond donors (Lipinski definition) is 2. The number of rotatable bonds is 7. The molecule has 1 heterocycles. The zero-order chi connectivity index (χ0) is 11.8. The molecule has 90 valence electrons. The summed E-state index contributed by atoms with van der Waals surface area (Å²) < 4.78 is 4.98. The van der Waals surface area contributed by atoms with Crippen LogP contribution in [0.2, 0.25) is 0 Å². The average Bonchev–Trinajstić information content (AvgIpc) is 2.24. The van der Waals surface area contributed by atoms with Crippen LogP contribution in [0.15, 0.2) is 6.07 Å². The van der Waals surface area contributed by atoms with Crippen molar-refractivity contribution >= 4 is 11.6 Å². The number of anilines is 2. The molecular weight excluding hydrogens is 204 g/mol. The zero-order valence-electron chi connectivity index (χ0n) is 10.2. The quantitative estimate of drug-likeness (QED) is 0.690. The van der Waals surface area contributed by atoms with Crippen LogP contribution in [-0.4, -0.2) is 36.8 Å². The second kappa shape index (κ2) is 7.00. The van der Waals surface area contributed by atoms with Crippen molar-refractivity contribution in [3.05, 3.63) is 11.9 Å². The van der Waals surface area contributed by atoms with E-state index in [1.807, 2.05) is 19.9 Å². The van der Waals surface area contributed by atoms with Crippen molar-refractivity contribution in [2.45, 2.75) is 20.3 Å². The Morgan fingerprint density at radius 1 is 1.25 bits per heavy atom. The van der Waals surface area contributed by atoms with Crippen molar-refractivity contribution in [2.75, 3.05) is 37.4 Å². The number of aryl methyl sites for hydroxylation is 1. The molecule has 0 fully saturated rings. The Morgan fingerprint density at radius 2 is 1.94 bits per heavy atom. The summed E-state index contributed by atoms with van der Waals surface area (Å²) in [5, 5.41) is 6.42. The lowest BCUT2D eigenvalue weighted by Gasteiger charge is -2.08. The topological polar surface area (TPSA) is 59.1 Å². The van der Waals surface area contributed by atoms with Crippen LogP contribution in [0.4, 0.5) is 11.6 Å². The molecule has 0 saturated heterocycles. The van der Waals surface area contributed by atoms with E-state index < -0.39 is 0 Å². The predicted molar refractivity (Wildman–Crippen MR) is 65.9 cm³/mol. The van der Waals surface area contributed by atoms with Gasteiger partial charge in [0, 0.05) is 32.9 Å². The molecule has 1 aromatic heterocycles. The maximum absolute atomic E-state index is 4.98. The fourth-order valence-electron chi connectivity index (χ4n) is 1.36. The van der Waals surface area contributed by atoms with Crippen molar-refractivity contribution in [3.63, 3.8) is 0 Å². The highest BCUT2D eigenvalue weighted by atomic mass is 16.5. The molecule has 0 atom stereocenters. The van der Waals surface area contributed by atoms with Gasteiger partial charge in [-0.25, -0.2) is 9.97 Å². The summed E-state index contributed by atoms with van der Waals surface area (Å²) in [5.41, 5.74) is 0. The van der Waals surface area contributed by atoms with E-state index in [4.69, 9.17) is 4.74 Å². The maximum Gasteiger partial charge on any atom is 0.131 e. The van der Waals surface area contributed by atoms with Crippen molar-refractivity contribution < 1.29 is 4.74 Å². The Labute approximate surface area is 96.6 Å². The van der Waals surface area contributed by atoms with E-state index in [0.717, 1.165) is 43.6 Å². The first-order chi connectivity index (χ1) is 7.76. The Bertz CT molecular complexity index is 317. The molecule has 0 unspecified atom stereocenters. The largest absolute Gasteiger partial charge is 0.385 e.